The maximum Gasteiger partial charge on any atom is 0.274 e. The lowest BCUT2D eigenvalue weighted by molar-refractivity contribution is -0.0286. The molecule has 2 aromatic heterocycles. The molecule has 0 unspecified atom stereocenters. The fraction of sp³-hybridized carbons (Fsp3) is 0.227. The first-order chi connectivity index (χ1) is 14.9. The van der Waals surface area contributed by atoms with Crippen molar-refractivity contribution in [3.63, 3.8) is 0 Å². The van der Waals surface area contributed by atoms with Crippen molar-refractivity contribution in [1.82, 2.24) is 14.8 Å². The Balaban J connectivity index is 1.57. The molecular weight excluding hydrogens is 394 g/mol. The summed E-state index contributed by atoms with van der Waals surface area (Å²) in [4.78, 5) is 16.9. The van der Waals surface area contributed by atoms with Crippen LogP contribution in [0.3, 0.4) is 0 Å². The molecule has 4 rings (SSSR count). The van der Waals surface area contributed by atoms with Gasteiger partial charge in [-0.2, -0.15) is 10.4 Å². The predicted octanol–water partition coefficient (Wildman–Crippen LogP) is 2.59. The van der Waals surface area contributed by atoms with Crippen molar-refractivity contribution in [1.29, 1.82) is 10.7 Å². The molecule has 3 aromatic rings. The van der Waals surface area contributed by atoms with E-state index in [1.165, 1.54) is 6.20 Å². The highest BCUT2D eigenvalue weighted by atomic mass is 16.5. The molecule has 1 saturated heterocycles. The fourth-order valence-electron chi connectivity index (χ4n) is 3.28. The van der Waals surface area contributed by atoms with Gasteiger partial charge in [0.25, 0.3) is 5.91 Å². The topological polar surface area (TPSA) is 143 Å². The highest BCUT2D eigenvalue weighted by Crippen LogP contribution is 2.24. The van der Waals surface area contributed by atoms with Crippen LogP contribution in [-0.2, 0) is 4.74 Å². The quantitative estimate of drug-likeness (QED) is 0.432. The first kappa shape index (κ1) is 20.3. The average Bonchev–Trinajstić information content (AvgIpc) is 3.19. The Labute approximate surface area is 179 Å². The second kappa shape index (κ2) is 8.01. The SMILES string of the molecule is Cc1c(C#N)cnc(C(=O)Nc2ccc(N)c(C(=N)c3cnn(C4COC4)c3)c2)c1C. The Morgan fingerprint density at radius 1 is 1.32 bits per heavy atom. The molecule has 156 valence electrons. The monoisotopic (exact) mass is 415 g/mol. The van der Waals surface area contributed by atoms with Crippen LogP contribution in [0, 0.1) is 30.6 Å². The predicted molar refractivity (Wildman–Crippen MR) is 115 cm³/mol. The van der Waals surface area contributed by atoms with Crippen LogP contribution >= 0.6 is 0 Å². The lowest BCUT2D eigenvalue weighted by Gasteiger charge is -2.25. The van der Waals surface area contributed by atoms with E-state index in [1.54, 1.807) is 49.1 Å². The lowest BCUT2D eigenvalue weighted by atomic mass is 10.0. The number of nitrogens with zero attached hydrogens (tertiary/aromatic N) is 4. The van der Waals surface area contributed by atoms with Gasteiger partial charge in [0, 0.05) is 34.9 Å². The molecule has 1 aromatic carbocycles. The van der Waals surface area contributed by atoms with Crippen molar-refractivity contribution in [3.05, 3.63) is 70.3 Å². The van der Waals surface area contributed by atoms with Gasteiger partial charge in [0.15, 0.2) is 0 Å². The summed E-state index contributed by atoms with van der Waals surface area (Å²) in [5.41, 5.74) is 10.4. The smallest absolute Gasteiger partial charge is 0.274 e. The molecule has 1 aliphatic heterocycles. The minimum absolute atomic E-state index is 0.191. The summed E-state index contributed by atoms with van der Waals surface area (Å²) in [6.45, 7) is 4.76. The third-order valence-corrected chi connectivity index (χ3v) is 5.45. The summed E-state index contributed by atoms with van der Waals surface area (Å²) in [6.07, 6.45) is 4.82. The van der Waals surface area contributed by atoms with E-state index in [1.807, 2.05) is 0 Å². The minimum Gasteiger partial charge on any atom is -0.398 e. The van der Waals surface area contributed by atoms with Crippen molar-refractivity contribution in [3.8, 4) is 6.07 Å². The first-order valence-electron chi connectivity index (χ1n) is 9.67. The molecule has 31 heavy (non-hydrogen) atoms. The van der Waals surface area contributed by atoms with Gasteiger partial charge in [-0.1, -0.05) is 0 Å². The van der Waals surface area contributed by atoms with Crippen molar-refractivity contribution >= 4 is 23.0 Å². The molecule has 0 aliphatic carbocycles. The standard InChI is InChI=1S/C22H21N7O2/c1-12-13(2)21(26-7-14(12)6-23)22(30)28-16-3-4-19(24)18(5-16)20(25)15-8-27-29(9-15)17-10-31-11-17/h3-5,7-9,17,25H,10-11,24H2,1-2H3,(H,28,30). The van der Waals surface area contributed by atoms with Crippen LogP contribution in [0.1, 0.15) is 44.3 Å². The minimum atomic E-state index is -0.398. The maximum absolute atomic E-state index is 12.8. The Morgan fingerprint density at radius 3 is 2.77 bits per heavy atom. The van der Waals surface area contributed by atoms with E-state index < -0.39 is 5.91 Å². The van der Waals surface area contributed by atoms with E-state index in [4.69, 9.17) is 21.1 Å². The van der Waals surface area contributed by atoms with Crippen molar-refractivity contribution in [2.45, 2.75) is 19.9 Å². The molecule has 4 N–H and O–H groups in total. The van der Waals surface area contributed by atoms with E-state index in [-0.39, 0.29) is 17.4 Å². The number of carbonyl (C=O) groups is 1. The molecule has 1 aliphatic rings. The number of benzene rings is 1. The number of nitrogens with two attached hydrogens (primary N) is 1. The molecular formula is C22H21N7O2. The Bertz CT molecular complexity index is 1240. The van der Waals surface area contributed by atoms with Crippen LogP contribution in [0.4, 0.5) is 11.4 Å². The summed E-state index contributed by atoms with van der Waals surface area (Å²) < 4.78 is 6.97. The Kier molecular flexibility index (Phi) is 5.23. The second-order valence-corrected chi connectivity index (χ2v) is 7.41. The molecule has 3 heterocycles. The van der Waals surface area contributed by atoms with Gasteiger partial charge in [-0.25, -0.2) is 4.98 Å². The summed E-state index contributed by atoms with van der Waals surface area (Å²) in [6, 6.07) is 7.23. The molecule has 9 heteroatoms. The van der Waals surface area contributed by atoms with E-state index in [2.05, 4.69) is 21.5 Å². The zero-order valence-electron chi connectivity index (χ0n) is 17.1. The largest absolute Gasteiger partial charge is 0.398 e. The third kappa shape index (κ3) is 3.76. The molecule has 1 fully saturated rings. The van der Waals surface area contributed by atoms with E-state index in [9.17, 15) is 4.79 Å². The van der Waals surface area contributed by atoms with Gasteiger partial charge in [0.2, 0.25) is 0 Å². The lowest BCUT2D eigenvalue weighted by Crippen LogP contribution is -2.30. The molecule has 1 amide bonds. The van der Waals surface area contributed by atoms with Gasteiger partial charge in [0.05, 0.1) is 36.7 Å². The first-order valence-corrected chi connectivity index (χ1v) is 9.67. The van der Waals surface area contributed by atoms with Gasteiger partial charge in [-0.15, -0.1) is 0 Å². The van der Waals surface area contributed by atoms with Gasteiger partial charge in [-0.05, 0) is 43.2 Å². The molecule has 0 spiro atoms. The summed E-state index contributed by atoms with van der Waals surface area (Å²) in [7, 11) is 0. The van der Waals surface area contributed by atoms with Crippen molar-refractivity contribution in [2.75, 3.05) is 24.3 Å². The molecule has 0 atom stereocenters. The van der Waals surface area contributed by atoms with E-state index in [0.717, 1.165) is 5.56 Å². The van der Waals surface area contributed by atoms with Crippen LogP contribution in [0.25, 0.3) is 0 Å². The Morgan fingerprint density at radius 2 is 2.10 bits per heavy atom. The van der Waals surface area contributed by atoms with Gasteiger partial charge >= 0.3 is 0 Å². The highest BCUT2D eigenvalue weighted by Gasteiger charge is 2.22. The van der Waals surface area contributed by atoms with Gasteiger partial charge in [-0.3, -0.25) is 14.9 Å². The number of amides is 1. The van der Waals surface area contributed by atoms with Crippen LogP contribution < -0.4 is 11.1 Å². The zero-order chi connectivity index (χ0) is 22.1. The van der Waals surface area contributed by atoms with Crippen LogP contribution in [0.15, 0.2) is 36.8 Å². The van der Waals surface area contributed by atoms with Gasteiger partial charge < -0.3 is 15.8 Å². The number of hydrogen-bond donors (Lipinski definition) is 3. The number of nitriles is 1. The molecule has 0 saturated carbocycles. The number of ether oxygens (including phenoxy) is 1. The molecule has 9 nitrogen and oxygen atoms in total. The third-order valence-electron chi connectivity index (χ3n) is 5.45. The van der Waals surface area contributed by atoms with E-state index >= 15 is 0 Å². The Hall–Kier alpha value is -4.03. The van der Waals surface area contributed by atoms with Crippen LogP contribution in [0.5, 0.6) is 0 Å². The van der Waals surface area contributed by atoms with Crippen LogP contribution in [0.2, 0.25) is 0 Å². The summed E-state index contributed by atoms with van der Waals surface area (Å²) in [5, 5.41) is 24.8. The average molecular weight is 415 g/mol. The number of anilines is 2. The number of carbonyl (C=O) groups excluding carboxylic acids is 1. The molecule has 0 bridgehead atoms. The zero-order valence-corrected chi connectivity index (χ0v) is 17.1. The summed E-state index contributed by atoms with van der Waals surface area (Å²) >= 11 is 0. The molecule has 0 radical (unpaired) electrons. The van der Waals surface area contributed by atoms with Crippen molar-refractivity contribution < 1.29 is 9.53 Å². The second-order valence-electron chi connectivity index (χ2n) is 7.41. The maximum atomic E-state index is 12.8. The van der Waals surface area contributed by atoms with Crippen LogP contribution in [-0.4, -0.2) is 39.6 Å². The van der Waals surface area contributed by atoms with Crippen molar-refractivity contribution in [2.24, 2.45) is 0 Å². The number of nitrogens with one attached hydrogen (secondary N) is 2. The fourth-order valence-corrected chi connectivity index (χ4v) is 3.28. The van der Waals surface area contributed by atoms with Gasteiger partial charge in [0.1, 0.15) is 11.8 Å². The number of hydrogen-bond acceptors (Lipinski definition) is 7. The number of nitrogen functional groups attached to an aromatic ring is 1. The highest BCUT2D eigenvalue weighted by molar-refractivity contribution is 6.14. The summed E-state index contributed by atoms with van der Waals surface area (Å²) in [5.74, 6) is -0.398. The number of aromatic nitrogens is 3. The van der Waals surface area contributed by atoms with E-state index in [0.29, 0.717) is 46.8 Å². The normalized spacial score (nSPS) is 13.3. The number of rotatable bonds is 5. The number of pyridine rings is 1.